The van der Waals surface area contributed by atoms with Crippen LogP contribution in [-0.2, 0) is 14.3 Å². The fraction of sp³-hybridized carbons (Fsp3) is 0.636. The summed E-state index contributed by atoms with van der Waals surface area (Å²) in [6.45, 7) is 7.59. The first-order valence-electron chi connectivity index (χ1n) is 10.7. The molecular weight excluding hydrogens is 403 g/mol. The van der Waals surface area contributed by atoms with Crippen molar-refractivity contribution in [2.24, 2.45) is 5.41 Å². The summed E-state index contributed by atoms with van der Waals surface area (Å²) in [5.74, 6) is 0.800. The summed E-state index contributed by atoms with van der Waals surface area (Å²) >= 11 is 0. The monoisotopic (exact) mass is 434 g/mol. The maximum absolute atomic E-state index is 13.1. The fourth-order valence-electron chi connectivity index (χ4n) is 3.86. The van der Waals surface area contributed by atoms with E-state index in [1.807, 2.05) is 0 Å². The highest BCUT2D eigenvalue weighted by atomic mass is 19.1. The second kappa shape index (κ2) is 9.62. The summed E-state index contributed by atoms with van der Waals surface area (Å²) in [6, 6.07) is 0. The normalized spacial score (nSPS) is 18.8. The van der Waals surface area contributed by atoms with Gasteiger partial charge in [0.15, 0.2) is 5.75 Å². The van der Waals surface area contributed by atoms with E-state index in [0.717, 1.165) is 38.9 Å². The lowest BCUT2D eigenvalue weighted by molar-refractivity contribution is -0.154. The third-order valence-corrected chi connectivity index (χ3v) is 5.64. The van der Waals surface area contributed by atoms with Gasteiger partial charge < -0.3 is 19.7 Å². The lowest BCUT2D eigenvalue weighted by atomic mass is 9.77. The van der Waals surface area contributed by atoms with Gasteiger partial charge >= 0.3 is 5.97 Å². The van der Waals surface area contributed by atoms with Crippen molar-refractivity contribution in [3.05, 3.63) is 24.3 Å². The standard InChI is InChI=1S/C22H31FN4O4/c1-21(2,3)31-18(28)5-4-16(12-23)15-30-17-13-25-20(26-14-17)27-10-7-22(8-11-27)6-9-24-19(22)29/h12-14H,4-11,15H2,1-3H3,(H,24,29)/b16-12+. The van der Waals surface area contributed by atoms with Crippen LogP contribution in [0.15, 0.2) is 24.3 Å². The summed E-state index contributed by atoms with van der Waals surface area (Å²) in [7, 11) is 0. The summed E-state index contributed by atoms with van der Waals surface area (Å²) in [6.07, 6.45) is 6.35. The number of aromatic nitrogens is 2. The smallest absolute Gasteiger partial charge is 0.306 e. The minimum Gasteiger partial charge on any atom is -0.486 e. The van der Waals surface area contributed by atoms with Crippen LogP contribution in [-0.4, -0.2) is 53.7 Å². The zero-order valence-corrected chi connectivity index (χ0v) is 18.4. The SMILES string of the molecule is CC(C)(C)OC(=O)CC/C(=C\F)COc1cnc(N2CCC3(CCNC3=O)CC2)nc1. The molecule has 170 valence electrons. The molecular formula is C22H31FN4O4. The largest absolute Gasteiger partial charge is 0.486 e. The molecule has 0 atom stereocenters. The number of carbonyl (C=O) groups is 2. The molecule has 0 aliphatic carbocycles. The second-order valence-corrected chi connectivity index (χ2v) is 9.13. The molecule has 1 aromatic rings. The molecule has 9 heteroatoms. The number of ether oxygens (including phenoxy) is 2. The van der Waals surface area contributed by atoms with Gasteiger partial charge in [0.05, 0.1) is 24.1 Å². The Labute approximate surface area is 182 Å². The van der Waals surface area contributed by atoms with Gasteiger partial charge in [0.1, 0.15) is 12.2 Å². The highest BCUT2D eigenvalue weighted by molar-refractivity contribution is 5.85. The Bertz CT molecular complexity index is 812. The molecule has 0 bridgehead atoms. The molecule has 2 aliphatic rings. The quantitative estimate of drug-likeness (QED) is 0.660. The summed E-state index contributed by atoms with van der Waals surface area (Å²) in [4.78, 5) is 34.7. The predicted molar refractivity (Wildman–Crippen MR) is 113 cm³/mol. The second-order valence-electron chi connectivity index (χ2n) is 9.13. The first-order chi connectivity index (χ1) is 14.7. The number of piperidine rings is 1. The highest BCUT2D eigenvalue weighted by Gasteiger charge is 2.44. The average Bonchev–Trinajstić information content (AvgIpc) is 3.07. The van der Waals surface area contributed by atoms with Crippen LogP contribution in [0.4, 0.5) is 10.3 Å². The van der Waals surface area contributed by atoms with Crippen LogP contribution in [0.3, 0.4) is 0 Å². The predicted octanol–water partition coefficient (Wildman–Crippen LogP) is 2.94. The number of hydrogen-bond acceptors (Lipinski definition) is 7. The number of hydrogen-bond donors (Lipinski definition) is 1. The van der Waals surface area contributed by atoms with E-state index < -0.39 is 5.60 Å². The number of amides is 1. The van der Waals surface area contributed by atoms with Crippen molar-refractivity contribution in [2.45, 2.75) is 58.5 Å². The minimum atomic E-state index is -0.565. The third-order valence-electron chi connectivity index (χ3n) is 5.64. The molecule has 3 rings (SSSR count). The zero-order chi connectivity index (χ0) is 22.5. The molecule has 31 heavy (non-hydrogen) atoms. The number of nitrogens with one attached hydrogen (secondary N) is 1. The molecule has 2 saturated heterocycles. The Balaban J connectivity index is 1.45. The molecule has 2 fully saturated rings. The van der Waals surface area contributed by atoms with E-state index in [2.05, 4.69) is 20.2 Å². The van der Waals surface area contributed by atoms with Crippen molar-refractivity contribution in [2.75, 3.05) is 31.1 Å². The van der Waals surface area contributed by atoms with E-state index in [1.54, 1.807) is 33.2 Å². The molecule has 0 unspecified atom stereocenters. The van der Waals surface area contributed by atoms with Gasteiger partial charge in [0.2, 0.25) is 11.9 Å². The van der Waals surface area contributed by atoms with Gasteiger partial charge in [-0.1, -0.05) is 0 Å². The molecule has 3 heterocycles. The maximum atomic E-state index is 13.1. The van der Waals surface area contributed by atoms with Crippen molar-refractivity contribution in [3.8, 4) is 5.75 Å². The van der Waals surface area contributed by atoms with Crippen LogP contribution in [0.5, 0.6) is 5.75 Å². The molecule has 2 aliphatic heterocycles. The van der Waals surface area contributed by atoms with Gasteiger partial charge in [-0.2, -0.15) is 0 Å². The molecule has 0 saturated carbocycles. The number of nitrogens with zero attached hydrogens (tertiary/aromatic N) is 3. The Morgan fingerprint density at radius 1 is 1.23 bits per heavy atom. The Morgan fingerprint density at radius 2 is 1.90 bits per heavy atom. The summed E-state index contributed by atoms with van der Waals surface area (Å²) < 4.78 is 23.9. The van der Waals surface area contributed by atoms with Gasteiger partial charge in [-0.15, -0.1) is 0 Å². The zero-order valence-electron chi connectivity index (χ0n) is 18.4. The summed E-state index contributed by atoms with van der Waals surface area (Å²) in [5.41, 5.74) is -0.440. The molecule has 0 radical (unpaired) electrons. The van der Waals surface area contributed by atoms with E-state index in [0.29, 0.717) is 23.6 Å². The van der Waals surface area contributed by atoms with Crippen molar-refractivity contribution in [1.29, 1.82) is 0 Å². The average molecular weight is 435 g/mol. The number of halogens is 1. The van der Waals surface area contributed by atoms with Crippen molar-refractivity contribution >= 4 is 17.8 Å². The molecule has 1 amide bonds. The van der Waals surface area contributed by atoms with Crippen molar-refractivity contribution in [1.82, 2.24) is 15.3 Å². The van der Waals surface area contributed by atoms with Crippen molar-refractivity contribution in [3.63, 3.8) is 0 Å². The Hall–Kier alpha value is -2.71. The van der Waals surface area contributed by atoms with Crippen LogP contribution >= 0.6 is 0 Å². The van der Waals surface area contributed by atoms with E-state index >= 15 is 0 Å². The third kappa shape index (κ3) is 6.15. The summed E-state index contributed by atoms with van der Waals surface area (Å²) in [5, 5.41) is 2.93. The minimum absolute atomic E-state index is 0.00332. The fourth-order valence-corrected chi connectivity index (χ4v) is 3.86. The molecule has 1 N–H and O–H groups in total. The van der Waals surface area contributed by atoms with Gasteiger partial charge in [0, 0.05) is 26.1 Å². The van der Waals surface area contributed by atoms with Gasteiger partial charge in [-0.05, 0) is 52.0 Å². The Morgan fingerprint density at radius 3 is 2.45 bits per heavy atom. The number of esters is 1. The van der Waals surface area contributed by atoms with E-state index in [4.69, 9.17) is 9.47 Å². The van der Waals surface area contributed by atoms with Crippen LogP contribution < -0.4 is 15.0 Å². The first-order valence-corrected chi connectivity index (χ1v) is 10.7. The van der Waals surface area contributed by atoms with Gasteiger partial charge in [0.25, 0.3) is 0 Å². The maximum Gasteiger partial charge on any atom is 0.306 e. The Kier molecular flexibility index (Phi) is 7.12. The van der Waals surface area contributed by atoms with E-state index in [9.17, 15) is 14.0 Å². The number of carbonyl (C=O) groups excluding carboxylic acids is 2. The highest BCUT2D eigenvalue weighted by Crippen LogP contribution is 2.38. The van der Waals surface area contributed by atoms with Crippen LogP contribution in [0, 0.1) is 5.41 Å². The first kappa shape index (κ1) is 23.0. The lowest BCUT2D eigenvalue weighted by Gasteiger charge is -2.37. The van der Waals surface area contributed by atoms with Crippen LogP contribution in [0.25, 0.3) is 0 Å². The van der Waals surface area contributed by atoms with Crippen LogP contribution in [0.2, 0.25) is 0 Å². The van der Waals surface area contributed by atoms with E-state index in [1.165, 1.54) is 0 Å². The van der Waals surface area contributed by atoms with Crippen LogP contribution in [0.1, 0.15) is 52.9 Å². The number of rotatable bonds is 7. The topological polar surface area (TPSA) is 93.7 Å². The molecule has 1 aromatic heterocycles. The molecule has 1 spiro atoms. The molecule has 0 aromatic carbocycles. The lowest BCUT2D eigenvalue weighted by Crippen LogP contribution is -2.44. The van der Waals surface area contributed by atoms with E-state index in [-0.39, 0.29) is 36.7 Å². The van der Waals surface area contributed by atoms with Crippen molar-refractivity contribution < 1.29 is 23.5 Å². The molecule has 8 nitrogen and oxygen atoms in total. The van der Waals surface area contributed by atoms with Gasteiger partial charge in [-0.3, -0.25) is 9.59 Å². The van der Waals surface area contributed by atoms with Gasteiger partial charge in [-0.25, -0.2) is 14.4 Å². The number of anilines is 1.